The third-order valence-electron chi connectivity index (χ3n) is 4.14. The summed E-state index contributed by atoms with van der Waals surface area (Å²) in [6, 6.07) is 8.62. The van der Waals surface area contributed by atoms with E-state index in [9.17, 15) is 18.3 Å². The van der Waals surface area contributed by atoms with Gasteiger partial charge in [-0.25, -0.2) is 10.4 Å². The van der Waals surface area contributed by atoms with Gasteiger partial charge in [0, 0.05) is 11.8 Å². The Balaban J connectivity index is 1.71. The highest BCUT2D eigenvalue weighted by molar-refractivity contribution is 5.57. The number of benzene rings is 1. The maximum atomic E-state index is 13.2. The van der Waals surface area contributed by atoms with Crippen LogP contribution < -0.4 is 15.8 Å². The van der Waals surface area contributed by atoms with E-state index >= 15 is 0 Å². The maximum absolute atomic E-state index is 13.2. The Bertz CT molecular complexity index is 840. The third-order valence-corrected chi connectivity index (χ3v) is 4.14. The third kappa shape index (κ3) is 4.73. The average molecular weight is 394 g/mol. The molecule has 2 atom stereocenters. The van der Waals surface area contributed by atoms with E-state index < -0.39 is 18.4 Å². The second kappa shape index (κ2) is 8.07. The lowest BCUT2D eigenvalue weighted by Gasteiger charge is -2.26. The number of nitrogens with one attached hydrogen (secondary N) is 2. The predicted octanol–water partition coefficient (Wildman–Crippen LogP) is 3.24. The number of halogens is 3. The summed E-state index contributed by atoms with van der Waals surface area (Å²) in [7, 11) is 0. The summed E-state index contributed by atoms with van der Waals surface area (Å²) < 4.78 is 45.1. The highest BCUT2D eigenvalue weighted by atomic mass is 19.4. The fourth-order valence-electron chi connectivity index (χ4n) is 2.69. The number of rotatable bonds is 6. The number of alkyl halides is 3. The Hall–Kier alpha value is -2.78. The number of hydrogen-bond acceptors (Lipinski definition) is 6. The molecule has 2 aromatic rings. The molecule has 0 amide bonds. The molecule has 1 aliphatic heterocycles. The fourth-order valence-corrected chi connectivity index (χ4v) is 2.69. The minimum absolute atomic E-state index is 0.0282. The molecule has 0 bridgehead atoms. The number of anilines is 2. The summed E-state index contributed by atoms with van der Waals surface area (Å²) in [5.74, 6) is -0.0282. The van der Waals surface area contributed by atoms with Gasteiger partial charge in [-0.05, 0) is 37.6 Å². The van der Waals surface area contributed by atoms with E-state index in [1.54, 1.807) is 49.5 Å². The molecule has 1 aliphatic rings. The first-order valence-corrected chi connectivity index (χ1v) is 8.64. The first-order valence-electron chi connectivity index (χ1n) is 8.64. The SMILES string of the molecule is Cc1ccc(N[C@@H](O)COC2=C[C@H](C(F)(F)F)NN2c2ccccc2C)cn1. The predicted molar refractivity (Wildman–Crippen MR) is 99.3 cm³/mol. The lowest BCUT2D eigenvalue weighted by molar-refractivity contribution is -0.142. The Morgan fingerprint density at radius 3 is 2.64 bits per heavy atom. The zero-order valence-electron chi connectivity index (χ0n) is 15.4. The molecule has 3 N–H and O–H groups in total. The number of ether oxygens (including phenoxy) is 1. The van der Waals surface area contributed by atoms with E-state index in [1.165, 1.54) is 5.01 Å². The second-order valence-corrected chi connectivity index (χ2v) is 6.43. The van der Waals surface area contributed by atoms with Gasteiger partial charge in [0.05, 0.1) is 17.6 Å². The first kappa shape index (κ1) is 20.0. The van der Waals surface area contributed by atoms with E-state index in [4.69, 9.17) is 4.74 Å². The van der Waals surface area contributed by atoms with Crippen LogP contribution in [-0.4, -0.2) is 35.1 Å². The van der Waals surface area contributed by atoms with E-state index in [0.717, 1.165) is 17.3 Å². The van der Waals surface area contributed by atoms with Gasteiger partial charge in [0.2, 0.25) is 5.88 Å². The molecule has 0 fully saturated rings. The van der Waals surface area contributed by atoms with Crippen LogP contribution >= 0.6 is 0 Å². The summed E-state index contributed by atoms with van der Waals surface area (Å²) in [4.78, 5) is 4.10. The highest BCUT2D eigenvalue weighted by Gasteiger charge is 2.44. The number of nitrogens with zero attached hydrogens (tertiary/aromatic N) is 2. The molecule has 6 nitrogen and oxygen atoms in total. The molecule has 9 heteroatoms. The first-order chi connectivity index (χ1) is 13.2. The van der Waals surface area contributed by atoms with Crippen molar-refractivity contribution in [3.05, 3.63) is 65.8 Å². The molecule has 0 aliphatic carbocycles. The quantitative estimate of drug-likeness (QED) is 0.654. The van der Waals surface area contributed by atoms with E-state index in [1.807, 2.05) is 6.92 Å². The van der Waals surface area contributed by atoms with Gasteiger partial charge in [0.25, 0.3) is 0 Å². The summed E-state index contributed by atoms with van der Waals surface area (Å²) in [5.41, 5.74) is 5.10. The molecule has 0 saturated heterocycles. The molecule has 0 unspecified atom stereocenters. The van der Waals surface area contributed by atoms with Crippen molar-refractivity contribution < 1.29 is 23.0 Å². The lowest BCUT2D eigenvalue weighted by Crippen LogP contribution is -2.45. The van der Waals surface area contributed by atoms with Crippen molar-refractivity contribution in [1.82, 2.24) is 10.4 Å². The van der Waals surface area contributed by atoms with Gasteiger partial charge in [-0.3, -0.25) is 4.98 Å². The van der Waals surface area contributed by atoms with Crippen molar-refractivity contribution in [2.75, 3.05) is 16.9 Å². The molecule has 0 radical (unpaired) electrons. The molecular formula is C19H21F3N4O2. The highest BCUT2D eigenvalue weighted by Crippen LogP contribution is 2.32. The second-order valence-electron chi connectivity index (χ2n) is 6.43. The fraction of sp³-hybridized carbons (Fsp3) is 0.316. The number of aliphatic hydroxyl groups is 1. The van der Waals surface area contributed by atoms with Gasteiger partial charge in [0.1, 0.15) is 12.6 Å². The van der Waals surface area contributed by atoms with E-state index in [2.05, 4.69) is 15.7 Å². The van der Waals surface area contributed by atoms with Gasteiger partial charge in [0.15, 0.2) is 6.23 Å². The van der Waals surface area contributed by atoms with Crippen LogP contribution in [0.15, 0.2) is 54.6 Å². The Morgan fingerprint density at radius 2 is 2.00 bits per heavy atom. The van der Waals surface area contributed by atoms with Crippen LogP contribution in [-0.2, 0) is 4.74 Å². The Kier molecular flexibility index (Phi) is 5.76. The van der Waals surface area contributed by atoms with Gasteiger partial charge in [-0.15, -0.1) is 0 Å². The van der Waals surface area contributed by atoms with Crippen molar-refractivity contribution in [3.8, 4) is 0 Å². The van der Waals surface area contributed by atoms with Gasteiger partial charge in [-0.1, -0.05) is 18.2 Å². The van der Waals surface area contributed by atoms with Crippen molar-refractivity contribution >= 4 is 11.4 Å². The number of aryl methyl sites for hydroxylation is 2. The van der Waals surface area contributed by atoms with Crippen molar-refractivity contribution in [3.63, 3.8) is 0 Å². The monoisotopic (exact) mass is 394 g/mol. The summed E-state index contributed by atoms with van der Waals surface area (Å²) in [5, 5.41) is 14.1. The summed E-state index contributed by atoms with van der Waals surface area (Å²) >= 11 is 0. The largest absolute Gasteiger partial charge is 0.473 e. The molecule has 3 rings (SSSR count). The molecule has 28 heavy (non-hydrogen) atoms. The smallest absolute Gasteiger partial charge is 0.409 e. The topological polar surface area (TPSA) is 69.7 Å². The van der Waals surface area contributed by atoms with Crippen LogP contribution in [0.5, 0.6) is 0 Å². The molecule has 0 spiro atoms. The Labute approximate surface area is 160 Å². The molecular weight excluding hydrogens is 373 g/mol. The van der Waals surface area contributed by atoms with Gasteiger partial charge >= 0.3 is 6.18 Å². The van der Waals surface area contributed by atoms with Crippen LogP contribution in [0.3, 0.4) is 0 Å². The zero-order valence-corrected chi connectivity index (χ0v) is 15.4. The maximum Gasteiger partial charge on any atom is 0.409 e. The molecule has 1 aromatic heterocycles. The lowest BCUT2D eigenvalue weighted by atomic mass is 10.2. The van der Waals surface area contributed by atoms with Crippen LogP contribution in [0.1, 0.15) is 11.3 Å². The number of para-hydroxylation sites is 1. The normalized spacial score (nSPS) is 18.0. The molecule has 1 aromatic carbocycles. The van der Waals surface area contributed by atoms with Crippen molar-refractivity contribution in [2.24, 2.45) is 0 Å². The number of aliphatic hydroxyl groups excluding tert-OH is 1. The summed E-state index contributed by atoms with van der Waals surface area (Å²) in [6.07, 6.45) is -3.11. The van der Waals surface area contributed by atoms with Crippen LogP contribution in [0.2, 0.25) is 0 Å². The number of hydrogen-bond donors (Lipinski definition) is 3. The molecule has 150 valence electrons. The summed E-state index contributed by atoms with van der Waals surface area (Å²) in [6.45, 7) is 3.37. The minimum atomic E-state index is -4.48. The van der Waals surface area contributed by atoms with Gasteiger partial charge < -0.3 is 15.2 Å². The van der Waals surface area contributed by atoms with E-state index in [0.29, 0.717) is 11.4 Å². The van der Waals surface area contributed by atoms with Gasteiger partial charge in [-0.2, -0.15) is 13.2 Å². The number of aromatic nitrogens is 1. The van der Waals surface area contributed by atoms with Crippen molar-refractivity contribution in [1.29, 1.82) is 0 Å². The van der Waals surface area contributed by atoms with Crippen LogP contribution in [0.4, 0.5) is 24.5 Å². The van der Waals surface area contributed by atoms with E-state index in [-0.39, 0.29) is 12.5 Å². The average Bonchev–Trinajstić information content (AvgIpc) is 3.07. The van der Waals surface area contributed by atoms with Crippen LogP contribution in [0.25, 0.3) is 0 Å². The number of pyridine rings is 1. The Morgan fingerprint density at radius 1 is 1.25 bits per heavy atom. The zero-order chi connectivity index (χ0) is 20.3. The minimum Gasteiger partial charge on any atom is -0.473 e. The van der Waals surface area contributed by atoms with Crippen LogP contribution in [0, 0.1) is 13.8 Å². The van der Waals surface area contributed by atoms with Crippen molar-refractivity contribution in [2.45, 2.75) is 32.3 Å². The number of hydrazine groups is 1. The molecule has 0 saturated carbocycles. The molecule has 2 heterocycles. The standard InChI is InChI=1S/C19H21F3N4O2/c1-12-5-3-4-6-15(12)26-18(9-16(25-26)19(20,21)22)28-11-17(27)24-14-8-7-13(2)23-10-14/h3-10,16-17,24-25,27H,11H2,1-2H3/t16-,17+/m1/s1.